The van der Waals surface area contributed by atoms with Crippen LogP contribution >= 0.6 is 0 Å². The van der Waals surface area contributed by atoms with Crippen LogP contribution in [0.1, 0.15) is 66.2 Å². The van der Waals surface area contributed by atoms with Crippen molar-refractivity contribution in [2.24, 2.45) is 0 Å². The molecule has 2 atom stereocenters. The molecule has 0 aliphatic rings. The lowest BCUT2D eigenvalue weighted by molar-refractivity contribution is 0.179. The van der Waals surface area contributed by atoms with Crippen LogP contribution in [0.5, 0.6) is 0 Å². The smallest absolute Gasteiger partial charge is 0.192 e. The van der Waals surface area contributed by atoms with Crippen molar-refractivity contribution in [2.75, 3.05) is 0 Å². The van der Waals surface area contributed by atoms with Crippen molar-refractivity contribution in [3.8, 4) is 6.07 Å². The Morgan fingerprint density at radius 1 is 1.14 bits per heavy atom. The highest BCUT2D eigenvalue weighted by molar-refractivity contribution is 6.74. The zero-order chi connectivity index (χ0) is 17.2. The summed E-state index contributed by atoms with van der Waals surface area (Å²) in [6.45, 7) is 13.1. The zero-order valence-electron chi connectivity index (χ0n) is 15.4. The number of unbranched alkanes of at least 4 members (excludes halogenated alkanes) is 3. The van der Waals surface area contributed by atoms with Crippen LogP contribution in [0.3, 0.4) is 0 Å². The highest BCUT2D eigenvalue weighted by Gasteiger charge is 2.38. The average molecular weight is 326 g/mol. The monoisotopic (exact) mass is 325 g/mol. The first-order valence-corrected chi connectivity index (χ1v) is 11.4. The van der Waals surface area contributed by atoms with Gasteiger partial charge in [-0.1, -0.05) is 46.5 Å². The summed E-state index contributed by atoms with van der Waals surface area (Å²) < 4.78 is 6.41. The first kappa shape index (κ1) is 21.4. The molecule has 22 heavy (non-hydrogen) atoms. The first-order chi connectivity index (χ1) is 10.1. The second kappa shape index (κ2) is 10.2. The molecule has 1 N–H and O–H groups in total. The second-order valence-corrected chi connectivity index (χ2v) is 12.5. The van der Waals surface area contributed by atoms with Gasteiger partial charge in [-0.3, -0.25) is 0 Å². The number of nitriles is 1. The zero-order valence-corrected chi connectivity index (χ0v) is 16.4. The lowest BCUT2D eigenvalue weighted by atomic mass is 10.1. The summed E-state index contributed by atoms with van der Waals surface area (Å²) in [5.74, 6) is 0. The largest absolute Gasteiger partial charge is 0.411 e. The molecule has 0 saturated heterocycles. The maximum atomic E-state index is 9.24. The Kier molecular flexibility index (Phi) is 9.91. The SMILES string of the molecule is C[C@@H](O)CCCCCC[C@@H](/C=C/C#N)O[Si](C)(C)C(C)(C)C. The van der Waals surface area contributed by atoms with Crippen molar-refractivity contribution in [3.05, 3.63) is 12.2 Å². The fourth-order valence-corrected chi connectivity index (χ4v) is 3.35. The Balaban J connectivity index is 4.32. The summed E-state index contributed by atoms with van der Waals surface area (Å²) >= 11 is 0. The Morgan fingerprint density at radius 2 is 1.68 bits per heavy atom. The van der Waals surface area contributed by atoms with Crippen LogP contribution in [0, 0.1) is 11.3 Å². The summed E-state index contributed by atoms with van der Waals surface area (Å²) in [4.78, 5) is 0. The number of aliphatic hydroxyl groups is 1. The van der Waals surface area contributed by atoms with Crippen LogP contribution < -0.4 is 0 Å². The molecule has 0 aromatic rings. The van der Waals surface area contributed by atoms with E-state index in [0.29, 0.717) is 0 Å². The van der Waals surface area contributed by atoms with Gasteiger partial charge in [0.1, 0.15) is 0 Å². The fourth-order valence-electron chi connectivity index (χ4n) is 2.04. The van der Waals surface area contributed by atoms with Gasteiger partial charge < -0.3 is 9.53 Å². The lowest BCUT2D eigenvalue weighted by Crippen LogP contribution is -2.43. The van der Waals surface area contributed by atoms with Crippen LogP contribution in [0.25, 0.3) is 0 Å². The Morgan fingerprint density at radius 3 is 2.14 bits per heavy atom. The minimum atomic E-state index is -1.80. The third kappa shape index (κ3) is 9.40. The Bertz CT molecular complexity index is 364. The van der Waals surface area contributed by atoms with Crippen molar-refractivity contribution in [1.82, 2.24) is 0 Å². The molecule has 4 heteroatoms. The molecule has 0 amide bonds. The number of nitrogens with zero attached hydrogens (tertiary/aromatic N) is 1. The summed E-state index contributed by atoms with van der Waals surface area (Å²) in [6.07, 6.45) is 9.68. The minimum Gasteiger partial charge on any atom is -0.411 e. The van der Waals surface area contributed by atoms with E-state index in [1.54, 1.807) is 6.08 Å². The van der Waals surface area contributed by atoms with Crippen molar-refractivity contribution in [2.45, 2.75) is 96.6 Å². The second-order valence-electron chi connectivity index (χ2n) is 7.75. The third-order valence-electron chi connectivity index (χ3n) is 4.50. The number of allylic oxidation sites excluding steroid dienone is 1. The van der Waals surface area contributed by atoms with Gasteiger partial charge in [-0.2, -0.15) is 5.26 Å². The van der Waals surface area contributed by atoms with E-state index >= 15 is 0 Å². The van der Waals surface area contributed by atoms with E-state index in [4.69, 9.17) is 9.69 Å². The van der Waals surface area contributed by atoms with E-state index in [-0.39, 0.29) is 17.2 Å². The molecule has 0 spiro atoms. The van der Waals surface area contributed by atoms with Crippen molar-refractivity contribution in [1.29, 1.82) is 5.26 Å². The molecule has 3 nitrogen and oxygen atoms in total. The number of aliphatic hydroxyl groups excluding tert-OH is 1. The topological polar surface area (TPSA) is 53.2 Å². The molecule has 0 aromatic carbocycles. The van der Waals surface area contributed by atoms with E-state index in [9.17, 15) is 5.11 Å². The molecule has 0 aromatic heterocycles. The standard InChI is InChI=1S/C18H35NO2Si/c1-16(20)12-9-7-8-10-13-17(14-11-15-19)21-22(5,6)18(2,3)4/h11,14,16-17,20H,7-10,12-13H2,1-6H3/b14-11+/t16-,17+/m1/s1. The molecule has 0 bridgehead atoms. The Hall–Kier alpha value is -0.633. The molecule has 0 fully saturated rings. The molecule has 0 aliphatic heterocycles. The highest BCUT2D eigenvalue weighted by atomic mass is 28.4. The third-order valence-corrected chi connectivity index (χ3v) is 9.00. The van der Waals surface area contributed by atoms with Gasteiger partial charge in [-0.25, -0.2) is 0 Å². The summed E-state index contributed by atoms with van der Waals surface area (Å²) in [5, 5.41) is 18.2. The maximum absolute atomic E-state index is 9.24. The number of hydrogen-bond acceptors (Lipinski definition) is 3. The van der Waals surface area contributed by atoms with Crippen LogP contribution in [0.2, 0.25) is 18.1 Å². The van der Waals surface area contributed by atoms with Gasteiger partial charge >= 0.3 is 0 Å². The summed E-state index contributed by atoms with van der Waals surface area (Å²) in [7, 11) is -1.80. The lowest BCUT2D eigenvalue weighted by Gasteiger charge is -2.38. The van der Waals surface area contributed by atoms with E-state index < -0.39 is 8.32 Å². The van der Waals surface area contributed by atoms with Crippen LogP contribution in [0.15, 0.2) is 12.2 Å². The predicted octanol–water partition coefficient (Wildman–Crippen LogP) is 5.18. The van der Waals surface area contributed by atoms with Crippen LogP contribution in [-0.4, -0.2) is 25.6 Å². The van der Waals surface area contributed by atoms with E-state index in [0.717, 1.165) is 38.5 Å². The van der Waals surface area contributed by atoms with E-state index in [1.165, 1.54) is 0 Å². The minimum absolute atomic E-state index is 0.0531. The Labute approximate surface area is 138 Å². The molecule has 0 radical (unpaired) electrons. The van der Waals surface area contributed by atoms with Crippen molar-refractivity contribution >= 4 is 8.32 Å². The van der Waals surface area contributed by atoms with E-state index in [2.05, 4.69) is 39.9 Å². The van der Waals surface area contributed by atoms with Gasteiger partial charge in [-0.15, -0.1) is 0 Å². The number of hydrogen-bond donors (Lipinski definition) is 1. The van der Waals surface area contributed by atoms with Gasteiger partial charge in [0.15, 0.2) is 8.32 Å². The molecular formula is C18H35NO2Si. The molecule has 0 rings (SSSR count). The van der Waals surface area contributed by atoms with Gasteiger partial charge in [0.25, 0.3) is 0 Å². The quantitative estimate of drug-likeness (QED) is 0.342. The predicted molar refractivity (Wildman–Crippen MR) is 96.2 cm³/mol. The molecule has 128 valence electrons. The van der Waals surface area contributed by atoms with E-state index in [1.807, 2.05) is 13.0 Å². The normalized spacial score (nSPS) is 15.7. The maximum Gasteiger partial charge on any atom is 0.192 e. The number of rotatable bonds is 10. The van der Waals surface area contributed by atoms with Crippen molar-refractivity contribution < 1.29 is 9.53 Å². The summed E-state index contributed by atoms with van der Waals surface area (Å²) in [6, 6.07) is 2.07. The van der Waals surface area contributed by atoms with Gasteiger partial charge in [0, 0.05) is 6.08 Å². The van der Waals surface area contributed by atoms with Gasteiger partial charge in [-0.05, 0) is 44.0 Å². The molecule has 0 saturated carbocycles. The van der Waals surface area contributed by atoms with Crippen LogP contribution in [0.4, 0.5) is 0 Å². The van der Waals surface area contributed by atoms with Crippen LogP contribution in [-0.2, 0) is 4.43 Å². The average Bonchev–Trinajstić information content (AvgIpc) is 2.37. The molecule has 0 aliphatic carbocycles. The fraction of sp³-hybridized carbons (Fsp3) is 0.833. The highest BCUT2D eigenvalue weighted by Crippen LogP contribution is 2.37. The summed E-state index contributed by atoms with van der Waals surface area (Å²) in [5.41, 5.74) is 0. The first-order valence-electron chi connectivity index (χ1n) is 8.52. The van der Waals surface area contributed by atoms with Gasteiger partial charge in [0.05, 0.1) is 18.3 Å². The molecule has 0 heterocycles. The molecular weight excluding hydrogens is 290 g/mol. The van der Waals surface area contributed by atoms with Crippen molar-refractivity contribution in [3.63, 3.8) is 0 Å². The van der Waals surface area contributed by atoms with Gasteiger partial charge in [0.2, 0.25) is 0 Å². The molecule has 0 unspecified atom stereocenters.